The molecule has 1 atom stereocenters. The number of unbranched alkanes of at least 4 members (excludes halogenated alkanes) is 1. The third-order valence-corrected chi connectivity index (χ3v) is 6.39. The molecule has 0 saturated heterocycles. The molecular weight excluding hydrogens is 474 g/mol. The third-order valence-electron chi connectivity index (χ3n) is 6.39. The summed E-state index contributed by atoms with van der Waals surface area (Å²) in [7, 11) is 1.68. The average Bonchev–Trinajstić information content (AvgIpc) is 3.34. The van der Waals surface area contributed by atoms with Gasteiger partial charge in [0, 0.05) is 12.6 Å². The highest BCUT2D eigenvalue weighted by Crippen LogP contribution is 2.44. The first-order valence-electron chi connectivity index (χ1n) is 14.1. The second-order valence-electron chi connectivity index (χ2n) is 9.01. The van der Waals surface area contributed by atoms with Crippen molar-refractivity contribution >= 4 is 11.4 Å². The fraction of sp³-hybridized carbons (Fsp3) is 0.438. The van der Waals surface area contributed by atoms with Crippen LogP contribution in [-0.4, -0.2) is 33.4 Å². The Morgan fingerprint density at radius 1 is 0.895 bits per heavy atom. The maximum atomic E-state index is 6.20. The highest BCUT2D eigenvalue weighted by atomic mass is 16.5. The van der Waals surface area contributed by atoms with Crippen LogP contribution in [0.5, 0.6) is 17.2 Å². The minimum atomic E-state index is 0.0144. The summed E-state index contributed by atoms with van der Waals surface area (Å²) in [5, 5.41) is 7.07. The number of ether oxygens (including phenoxy) is 3. The summed E-state index contributed by atoms with van der Waals surface area (Å²) in [6.45, 7) is 12.5. The van der Waals surface area contributed by atoms with Crippen molar-refractivity contribution in [3.8, 4) is 17.2 Å². The van der Waals surface area contributed by atoms with Crippen LogP contribution < -0.4 is 29.7 Å². The van der Waals surface area contributed by atoms with Gasteiger partial charge in [0.05, 0.1) is 25.1 Å². The van der Waals surface area contributed by atoms with E-state index in [1.54, 1.807) is 7.11 Å². The molecule has 3 aromatic rings. The van der Waals surface area contributed by atoms with Gasteiger partial charge in [0.1, 0.15) is 18.5 Å². The van der Waals surface area contributed by atoms with E-state index in [9.17, 15) is 0 Å². The average molecular weight is 520 g/mol. The maximum Gasteiger partial charge on any atom is 0.162 e. The van der Waals surface area contributed by atoms with E-state index in [-0.39, 0.29) is 6.17 Å². The smallest absolute Gasteiger partial charge is 0.162 e. The normalized spacial score (nSPS) is 13.7. The van der Waals surface area contributed by atoms with E-state index < -0.39 is 0 Å². The van der Waals surface area contributed by atoms with Gasteiger partial charge in [-0.05, 0) is 61.3 Å². The number of rotatable bonds is 14. The Hall–Kier alpha value is -3.38. The molecule has 0 aromatic heterocycles. The number of nitrogens with zero attached hydrogens (tertiary/aromatic N) is 1. The van der Waals surface area contributed by atoms with Crippen molar-refractivity contribution in [3.63, 3.8) is 0 Å². The molecule has 1 aliphatic rings. The summed E-state index contributed by atoms with van der Waals surface area (Å²) in [6, 6.07) is 22.8. The first-order chi connectivity index (χ1) is 18.7. The Bertz CT molecular complexity index is 1090. The number of methoxy groups -OCH3 is 1. The summed E-state index contributed by atoms with van der Waals surface area (Å²) < 4.78 is 17.9. The van der Waals surface area contributed by atoms with Crippen LogP contribution in [-0.2, 0) is 6.61 Å². The lowest BCUT2D eigenvalue weighted by Gasteiger charge is -2.28. The molecular formula is C32H45N3O3. The summed E-state index contributed by atoms with van der Waals surface area (Å²) in [6.07, 6.45) is 3.25. The number of hydrogen-bond acceptors (Lipinski definition) is 6. The molecule has 0 saturated carbocycles. The molecule has 0 fully saturated rings. The molecule has 1 unspecified atom stereocenters. The van der Waals surface area contributed by atoms with Gasteiger partial charge >= 0.3 is 0 Å². The Kier molecular flexibility index (Phi) is 12.1. The van der Waals surface area contributed by atoms with E-state index in [4.69, 9.17) is 14.2 Å². The van der Waals surface area contributed by atoms with Crippen LogP contribution in [0.15, 0.2) is 66.7 Å². The van der Waals surface area contributed by atoms with E-state index in [2.05, 4.69) is 71.8 Å². The number of hydrogen-bond donors (Lipinski definition) is 2. The second-order valence-corrected chi connectivity index (χ2v) is 9.01. The Labute approximate surface area is 229 Å². The van der Waals surface area contributed by atoms with Gasteiger partial charge in [-0.2, -0.15) is 0 Å². The fourth-order valence-corrected chi connectivity index (χ4v) is 4.44. The minimum absolute atomic E-state index is 0.0144. The van der Waals surface area contributed by atoms with Gasteiger partial charge in [0.2, 0.25) is 0 Å². The summed E-state index contributed by atoms with van der Waals surface area (Å²) in [5.41, 5.74) is 4.57. The predicted octanol–water partition coefficient (Wildman–Crippen LogP) is 7.41. The van der Waals surface area contributed by atoms with E-state index >= 15 is 0 Å². The minimum Gasteiger partial charge on any atom is -0.493 e. The van der Waals surface area contributed by atoms with Gasteiger partial charge in [-0.3, -0.25) is 0 Å². The lowest BCUT2D eigenvalue weighted by molar-refractivity contribution is 0.284. The van der Waals surface area contributed by atoms with Gasteiger partial charge in [-0.15, -0.1) is 0 Å². The second kappa shape index (κ2) is 15.8. The molecule has 1 aliphatic heterocycles. The van der Waals surface area contributed by atoms with Crippen LogP contribution in [0.2, 0.25) is 0 Å². The molecule has 0 radical (unpaired) electrons. The molecule has 6 nitrogen and oxygen atoms in total. The lowest BCUT2D eigenvalue weighted by Crippen LogP contribution is -2.29. The van der Waals surface area contributed by atoms with Crippen LogP contribution in [0.1, 0.15) is 64.3 Å². The van der Waals surface area contributed by atoms with Crippen molar-refractivity contribution in [1.29, 1.82) is 0 Å². The predicted molar refractivity (Wildman–Crippen MR) is 159 cm³/mol. The zero-order valence-corrected chi connectivity index (χ0v) is 23.8. The van der Waals surface area contributed by atoms with E-state index in [1.807, 2.05) is 38.1 Å². The zero-order chi connectivity index (χ0) is 27.2. The third kappa shape index (κ3) is 7.81. The van der Waals surface area contributed by atoms with E-state index in [1.165, 1.54) is 5.69 Å². The molecule has 0 spiro atoms. The summed E-state index contributed by atoms with van der Waals surface area (Å²) in [4.78, 5) is 2.44. The van der Waals surface area contributed by atoms with Crippen molar-refractivity contribution in [3.05, 3.63) is 77.9 Å². The quantitative estimate of drug-likeness (QED) is 0.216. The highest BCUT2D eigenvalue weighted by molar-refractivity contribution is 5.78. The van der Waals surface area contributed by atoms with Crippen LogP contribution in [0, 0.1) is 0 Å². The summed E-state index contributed by atoms with van der Waals surface area (Å²) in [5.74, 6) is 2.39. The molecule has 6 heteroatoms. The molecule has 4 rings (SSSR count). The maximum absolute atomic E-state index is 6.20. The van der Waals surface area contributed by atoms with Crippen molar-refractivity contribution in [2.45, 2.75) is 59.7 Å². The molecule has 206 valence electrons. The van der Waals surface area contributed by atoms with Crippen molar-refractivity contribution in [1.82, 2.24) is 5.32 Å². The van der Waals surface area contributed by atoms with Crippen molar-refractivity contribution in [2.75, 3.05) is 43.6 Å². The van der Waals surface area contributed by atoms with Crippen molar-refractivity contribution < 1.29 is 14.2 Å². The first kappa shape index (κ1) is 29.2. The van der Waals surface area contributed by atoms with Gasteiger partial charge in [-0.1, -0.05) is 70.5 Å². The van der Waals surface area contributed by atoms with Gasteiger partial charge in [0.15, 0.2) is 11.5 Å². The van der Waals surface area contributed by atoms with Crippen LogP contribution in [0.25, 0.3) is 0 Å². The largest absolute Gasteiger partial charge is 0.493 e. The molecule has 2 N–H and O–H groups in total. The molecule has 38 heavy (non-hydrogen) atoms. The highest BCUT2D eigenvalue weighted by Gasteiger charge is 2.30. The summed E-state index contributed by atoms with van der Waals surface area (Å²) >= 11 is 0. The first-order valence-corrected chi connectivity index (χ1v) is 14.1. The number of benzene rings is 3. The van der Waals surface area contributed by atoms with Gasteiger partial charge < -0.3 is 29.7 Å². The molecule has 0 bridgehead atoms. The molecule has 0 amide bonds. The van der Waals surface area contributed by atoms with Crippen molar-refractivity contribution in [2.24, 2.45) is 0 Å². The fourth-order valence-electron chi connectivity index (χ4n) is 4.44. The van der Waals surface area contributed by atoms with E-state index in [0.717, 1.165) is 73.0 Å². The number of nitrogens with one attached hydrogen (secondary N) is 2. The van der Waals surface area contributed by atoms with Gasteiger partial charge in [-0.25, -0.2) is 0 Å². The number of anilines is 2. The Morgan fingerprint density at radius 3 is 2.45 bits per heavy atom. The zero-order valence-electron chi connectivity index (χ0n) is 23.8. The monoisotopic (exact) mass is 519 g/mol. The van der Waals surface area contributed by atoms with Crippen LogP contribution >= 0.6 is 0 Å². The number of fused-ring (bicyclic) bond motifs is 1. The molecule has 1 heterocycles. The van der Waals surface area contributed by atoms with Crippen LogP contribution in [0.4, 0.5) is 11.4 Å². The Balaban J connectivity index is 0.00000195. The van der Waals surface area contributed by atoms with E-state index in [0.29, 0.717) is 13.2 Å². The molecule has 0 aliphatic carbocycles. The topological polar surface area (TPSA) is 55.0 Å². The van der Waals surface area contributed by atoms with Crippen LogP contribution in [0.3, 0.4) is 0 Å². The standard InChI is InChI=1S/C30H39N3O3.C2H6/c1-4-6-18-33-27-21-25(35-19-10-17-31-5-2)14-15-26(27)32-30(33)24-13-16-28(34-3)29(20-24)36-22-23-11-8-7-9-12-23;1-2/h7-9,11-16,20-21,30-32H,4-6,10,17-19,22H2,1-3H3;1-2H3. The van der Waals surface area contributed by atoms with Gasteiger partial charge in [0.25, 0.3) is 0 Å². The Morgan fingerprint density at radius 2 is 1.71 bits per heavy atom. The SMILES string of the molecule is CC.CCCCN1c2cc(OCCCNCC)ccc2NC1c1ccc(OC)c(OCc2ccccc2)c1. The lowest BCUT2D eigenvalue weighted by atomic mass is 10.1. The molecule has 3 aromatic carbocycles.